The molecule has 0 spiro atoms. The Balaban J connectivity index is 1.81. The molecule has 1 unspecified atom stereocenters. The van der Waals surface area contributed by atoms with Gasteiger partial charge in [0.2, 0.25) is 0 Å². The van der Waals surface area contributed by atoms with E-state index in [2.05, 4.69) is 28.5 Å². The highest BCUT2D eigenvalue weighted by Crippen LogP contribution is 2.43. The van der Waals surface area contributed by atoms with Crippen LogP contribution in [0.3, 0.4) is 0 Å². The van der Waals surface area contributed by atoms with Crippen molar-refractivity contribution in [1.82, 2.24) is 5.32 Å². The van der Waals surface area contributed by atoms with Crippen LogP contribution in [-0.4, -0.2) is 26.9 Å². The fourth-order valence-corrected chi connectivity index (χ4v) is 3.81. The van der Waals surface area contributed by atoms with Gasteiger partial charge in [-0.15, -0.1) is 0 Å². The van der Waals surface area contributed by atoms with Gasteiger partial charge in [-0.2, -0.15) is 0 Å². The third-order valence-corrected chi connectivity index (χ3v) is 5.66. The van der Waals surface area contributed by atoms with Gasteiger partial charge in [0, 0.05) is 36.7 Å². The molecule has 2 aromatic rings. The van der Waals surface area contributed by atoms with Gasteiger partial charge in [-0.05, 0) is 60.2 Å². The lowest BCUT2D eigenvalue weighted by Gasteiger charge is -2.16. The Hall–Kier alpha value is -3.12. The van der Waals surface area contributed by atoms with Crippen molar-refractivity contribution in [1.29, 1.82) is 0 Å². The molecule has 0 heterocycles. The zero-order valence-electron chi connectivity index (χ0n) is 17.3. The van der Waals surface area contributed by atoms with Crippen LogP contribution in [0.15, 0.2) is 47.6 Å². The summed E-state index contributed by atoms with van der Waals surface area (Å²) in [6.07, 6.45) is 7.73. The van der Waals surface area contributed by atoms with Crippen LogP contribution in [0.1, 0.15) is 41.1 Å². The molecule has 4 rings (SSSR count). The number of nitrogens with two attached hydrogens (primary N) is 2. The lowest BCUT2D eigenvalue weighted by molar-refractivity contribution is 0.297. The van der Waals surface area contributed by atoms with Gasteiger partial charge in [0.1, 0.15) is 11.6 Å². The van der Waals surface area contributed by atoms with E-state index in [9.17, 15) is 4.39 Å². The molecule has 156 valence electrons. The van der Waals surface area contributed by atoms with Crippen molar-refractivity contribution in [3.05, 3.63) is 70.7 Å². The number of hydrogen-bond donors (Lipinski definition) is 3. The molecule has 0 aliphatic heterocycles. The van der Waals surface area contributed by atoms with Gasteiger partial charge in [-0.3, -0.25) is 4.99 Å². The van der Waals surface area contributed by atoms with Crippen molar-refractivity contribution >= 4 is 23.0 Å². The SMILES string of the molecule is CN=CC(=CN)c1ccc2c(c1)C(c1cc(N)c(F)cc1OCC1CC1)=CC2NC. The Bertz CT molecular complexity index is 1050. The standard InChI is InChI=1S/C24H27FN4O/c1-28-12-16(11-26)15-5-6-17-18(7-15)19(9-23(17)29-2)20-8-22(27)21(25)10-24(20)30-13-14-3-4-14/h5-12,14,23,29H,3-4,13,26-27H2,1-2H3. The highest BCUT2D eigenvalue weighted by atomic mass is 19.1. The molecule has 0 bridgehead atoms. The Kier molecular flexibility index (Phi) is 5.59. The summed E-state index contributed by atoms with van der Waals surface area (Å²) < 4.78 is 20.3. The molecule has 0 amide bonds. The summed E-state index contributed by atoms with van der Waals surface area (Å²) in [4.78, 5) is 4.09. The third-order valence-electron chi connectivity index (χ3n) is 5.66. The molecule has 0 aromatic heterocycles. The van der Waals surface area contributed by atoms with E-state index in [0.29, 0.717) is 18.3 Å². The molecular weight excluding hydrogens is 379 g/mol. The van der Waals surface area contributed by atoms with E-state index in [1.807, 2.05) is 13.1 Å². The normalized spacial score (nSPS) is 18.6. The number of hydrogen-bond acceptors (Lipinski definition) is 5. The average molecular weight is 407 g/mol. The first-order chi connectivity index (χ1) is 14.5. The Morgan fingerprint density at radius 2 is 2.07 bits per heavy atom. The molecular formula is C24H27FN4O. The molecule has 1 saturated carbocycles. The van der Waals surface area contributed by atoms with Gasteiger partial charge in [0.05, 0.1) is 18.3 Å². The summed E-state index contributed by atoms with van der Waals surface area (Å²) >= 11 is 0. The summed E-state index contributed by atoms with van der Waals surface area (Å²) in [5.41, 5.74) is 17.6. The van der Waals surface area contributed by atoms with Crippen molar-refractivity contribution in [2.45, 2.75) is 18.9 Å². The van der Waals surface area contributed by atoms with Crippen LogP contribution in [-0.2, 0) is 0 Å². The minimum Gasteiger partial charge on any atom is -0.493 e. The number of nitrogens with zero attached hydrogens (tertiary/aromatic N) is 1. The number of rotatable bonds is 7. The van der Waals surface area contributed by atoms with E-state index in [1.54, 1.807) is 25.5 Å². The number of allylic oxidation sites excluding steroid dienone is 1. The molecule has 0 saturated heterocycles. The van der Waals surface area contributed by atoms with Crippen LogP contribution in [0.4, 0.5) is 10.1 Å². The maximum absolute atomic E-state index is 14.3. The minimum atomic E-state index is -0.463. The highest BCUT2D eigenvalue weighted by molar-refractivity contribution is 6.10. The summed E-state index contributed by atoms with van der Waals surface area (Å²) in [5.74, 6) is 0.623. The number of likely N-dealkylation sites (N-methyl/N-ethyl adjacent to an activating group) is 1. The Morgan fingerprint density at radius 3 is 2.73 bits per heavy atom. The molecule has 2 aromatic carbocycles. The number of fused-ring (bicyclic) bond motifs is 1. The van der Waals surface area contributed by atoms with E-state index in [-0.39, 0.29) is 11.7 Å². The molecule has 1 atom stereocenters. The van der Waals surface area contributed by atoms with Gasteiger partial charge in [0.25, 0.3) is 0 Å². The maximum atomic E-state index is 14.3. The number of ether oxygens (including phenoxy) is 1. The van der Waals surface area contributed by atoms with Gasteiger partial charge < -0.3 is 21.5 Å². The molecule has 5 N–H and O–H groups in total. The molecule has 0 radical (unpaired) electrons. The summed E-state index contributed by atoms with van der Waals surface area (Å²) in [6, 6.07) is 9.31. The highest BCUT2D eigenvalue weighted by Gasteiger charge is 2.28. The molecule has 5 nitrogen and oxygen atoms in total. The third kappa shape index (κ3) is 3.83. The van der Waals surface area contributed by atoms with Crippen LogP contribution in [0, 0.1) is 11.7 Å². The van der Waals surface area contributed by atoms with Crippen LogP contribution in [0.25, 0.3) is 11.1 Å². The second kappa shape index (κ2) is 8.32. The average Bonchev–Trinajstić information content (AvgIpc) is 3.51. The van der Waals surface area contributed by atoms with Crippen LogP contribution in [0.2, 0.25) is 0 Å². The van der Waals surface area contributed by atoms with Crippen molar-refractivity contribution in [3.8, 4) is 5.75 Å². The zero-order chi connectivity index (χ0) is 21.3. The summed E-state index contributed by atoms with van der Waals surface area (Å²) in [6.45, 7) is 0.596. The van der Waals surface area contributed by atoms with Crippen molar-refractivity contribution < 1.29 is 9.13 Å². The smallest absolute Gasteiger partial charge is 0.149 e. The topological polar surface area (TPSA) is 85.7 Å². The lowest BCUT2D eigenvalue weighted by Crippen LogP contribution is -2.12. The molecule has 30 heavy (non-hydrogen) atoms. The number of halogens is 1. The van der Waals surface area contributed by atoms with E-state index >= 15 is 0 Å². The van der Waals surface area contributed by atoms with E-state index in [4.69, 9.17) is 16.2 Å². The van der Waals surface area contributed by atoms with Crippen LogP contribution >= 0.6 is 0 Å². The van der Waals surface area contributed by atoms with Crippen molar-refractivity contribution in [2.24, 2.45) is 16.6 Å². The van der Waals surface area contributed by atoms with Gasteiger partial charge >= 0.3 is 0 Å². The van der Waals surface area contributed by atoms with Gasteiger partial charge in [-0.1, -0.05) is 18.2 Å². The molecule has 6 heteroatoms. The molecule has 2 aliphatic rings. The fraction of sp³-hybridized carbons (Fsp3) is 0.292. The van der Waals surface area contributed by atoms with E-state index in [0.717, 1.165) is 46.2 Å². The monoisotopic (exact) mass is 406 g/mol. The lowest BCUT2D eigenvalue weighted by atomic mass is 9.94. The van der Waals surface area contributed by atoms with Crippen molar-refractivity contribution in [3.63, 3.8) is 0 Å². The van der Waals surface area contributed by atoms with E-state index in [1.165, 1.54) is 6.07 Å². The first-order valence-electron chi connectivity index (χ1n) is 10.2. The summed E-state index contributed by atoms with van der Waals surface area (Å²) in [7, 11) is 3.63. The first kappa shape index (κ1) is 20.2. The zero-order valence-corrected chi connectivity index (χ0v) is 17.3. The quantitative estimate of drug-likeness (QED) is 0.481. The van der Waals surface area contributed by atoms with Gasteiger partial charge in [-0.25, -0.2) is 4.39 Å². The Morgan fingerprint density at radius 1 is 1.27 bits per heavy atom. The van der Waals surface area contributed by atoms with Crippen molar-refractivity contribution in [2.75, 3.05) is 26.4 Å². The number of nitrogen functional groups attached to an aromatic ring is 1. The molecule has 1 fully saturated rings. The fourth-order valence-electron chi connectivity index (χ4n) is 3.81. The maximum Gasteiger partial charge on any atom is 0.149 e. The second-order valence-electron chi connectivity index (χ2n) is 7.78. The largest absolute Gasteiger partial charge is 0.493 e. The van der Waals surface area contributed by atoms with E-state index < -0.39 is 5.82 Å². The second-order valence-corrected chi connectivity index (χ2v) is 7.78. The number of nitrogens with one attached hydrogen (secondary N) is 1. The van der Waals surface area contributed by atoms with Crippen LogP contribution in [0.5, 0.6) is 5.75 Å². The molecule has 2 aliphatic carbocycles. The number of benzene rings is 2. The predicted octanol–water partition coefficient (Wildman–Crippen LogP) is 3.90. The predicted molar refractivity (Wildman–Crippen MR) is 121 cm³/mol. The number of anilines is 1. The summed E-state index contributed by atoms with van der Waals surface area (Å²) in [5, 5.41) is 3.33. The Labute approximate surface area is 176 Å². The van der Waals surface area contributed by atoms with Gasteiger partial charge in [0.15, 0.2) is 0 Å². The van der Waals surface area contributed by atoms with Crippen LogP contribution < -0.4 is 21.5 Å². The number of aliphatic imine (C=N–C) groups is 1. The minimum absolute atomic E-state index is 0.0387. The first-order valence-corrected chi connectivity index (χ1v) is 10.2.